The Balaban J connectivity index is 1.69. The highest BCUT2D eigenvalue weighted by Gasteiger charge is 2.11. The topological polar surface area (TPSA) is 60.5 Å². The van der Waals surface area contributed by atoms with Crippen LogP contribution in [-0.2, 0) is 4.79 Å². The van der Waals surface area contributed by atoms with E-state index in [-0.39, 0.29) is 5.56 Å². The minimum atomic E-state index is -0.712. The second-order valence-electron chi connectivity index (χ2n) is 5.60. The molecule has 3 aromatic rings. The third-order valence-corrected chi connectivity index (χ3v) is 4.53. The first-order chi connectivity index (χ1) is 13.5. The minimum Gasteiger partial charge on any atom is -0.493 e. The van der Waals surface area contributed by atoms with Crippen molar-refractivity contribution in [3.05, 3.63) is 65.1 Å². The van der Waals surface area contributed by atoms with Gasteiger partial charge in [-0.2, -0.15) is 0 Å². The van der Waals surface area contributed by atoms with Gasteiger partial charge in [-0.25, -0.2) is 13.8 Å². The summed E-state index contributed by atoms with van der Waals surface area (Å²) in [5, 5.41) is 4.51. The number of thiazole rings is 1. The predicted octanol–water partition coefficient (Wildman–Crippen LogP) is 4.76. The van der Waals surface area contributed by atoms with Gasteiger partial charge in [-0.15, -0.1) is 11.3 Å². The van der Waals surface area contributed by atoms with Gasteiger partial charge in [0.15, 0.2) is 16.6 Å². The Kier molecular flexibility index (Phi) is 6.00. The zero-order valence-corrected chi connectivity index (χ0v) is 15.8. The second-order valence-corrected chi connectivity index (χ2v) is 6.46. The lowest BCUT2D eigenvalue weighted by molar-refractivity contribution is -0.111. The summed E-state index contributed by atoms with van der Waals surface area (Å²) in [6.07, 6.45) is 2.96. The number of nitrogens with zero attached hydrogens (tertiary/aromatic N) is 1. The van der Waals surface area contributed by atoms with E-state index >= 15 is 0 Å². The van der Waals surface area contributed by atoms with Gasteiger partial charge in [0.05, 0.1) is 19.9 Å². The van der Waals surface area contributed by atoms with Crippen molar-refractivity contribution in [3.8, 4) is 22.8 Å². The van der Waals surface area contributed by atoms with Crippen LogP contribution >= 0.6 is 11.3 Å². The highest BCUT2D eigenvalue weighted by atomic mass is 32.1. The fraction of sp³-hybridized carbons (Fsp3) is 0.100. The van der Waals surface area contributed by atoms with Crippen LogP contribution in [0.3, 0.4) is 0 Å². The van der Waals surface area contributed by atoms with Crippen LogP contribution in [0.15, 0.2) is 47.9 Å². The van der Waals surface area contributed by atoms with Gasteiger partial charge >= 0.3 is 0 Å². The van der Waals surface area contributed by atoms with Gasteiger partial charge in [-0.05, 0) is 35.9 Å². The number of benzene rings is 2. The molecule has 0 saturated heterocycles. The van der Waals surface area contributed by atoms with E-state index in [4.69, 9.17) is 9.47 Å². The molecule has 5 nitrogen and oxygen atoms in total. The van der Waals surface area contributed by atoms with Crippen LogP contribution in [0.1, 0.15) is 5.56 Å². The van der Waals surface area contributed by atoms with Crippen LogP contribution in [-0.4, -0.2) is 25.1 Å². The average Bonchev–Trinajstić information content (AvgIpc) is 3.14. The number of methoxy groups -OCH3 is 2. The number of amides is 1. The standard InChI is InChI=1S/C20H16F2N2O3S/c1-26-17-7-3-12(9-18(17)27-2)4-8-19(25)24-20-23-16(11-28-20)14-6-5-13(21)10-15(14)22/h3-11H,1-2H3,(H,23,24,25). The van der Waals surface area contributed by atoms with Crippen molar-refractivity contribution in [2.75, 3.05) is 19.5 Å². The summed E-state index contributed by atoms with van der Waals surface area (Å²) in [6, 6.07) is 8.51. The first kappa shape index (κ1) is 19.5. The van der Waals surface area contributed by atoms with Gasteiger partial charge < -0.3 is 9.47 Å². The van der Waals surface area contributed by atoms with E-state index in [1.54, 1.807) is 36.8 Å². The molecule has 1 N–H and O–H groups in total. The molecule has 0 radical (unpaired) electrons. The van der Waals surface area contributed by atoms with E-state index in [0.717, 1.165) is 29.0 Å². The van der Waals surface area contributed by atoms with Gasteiger partial charge in [0.1, 0.15) is 11.6 Å². The summed E-state index contributed by atoms with van der Waals surface area (Å²) >= 11 is 1.14. The van der Waals surface area contributed by atoms with E-state index in [1.807, 2.05) is 0 Å². The SMILES string of the molecule is COc1ccc(C=CC(=O)Nc2nc(-c3ccc(F)cc3F)cs2)cc1OC. The lowest BCUT2D eigenvalue weighted by Crippen LogP contribution is -2.07. The average molecular weight is 402 g/mol. The van der Waals surface area contributed by atoms with E-state index in [1.165, 1.54) is 19.3 Å². The molecule has 1 aromatic heterocycles. The first-order valence-electron chi connectivity index (χ1n) is 8.12. The molecule has 0 aliphatic carbocycles. The van der Waals surface area contributed by atoms with Crippen molar-refractivity contribution in [1.29, 1.82) is 0 Å². The maximum atomic E-state index is 13.8. The molecule has 0 bridgehead atoms. The van der Waals surface area contributed by atoms with Gasteiger partial charge in [0, 0.05) is 23.1 Å². The third kappa shape index (κ3) is 4.52. The Bertz CT molecular complexity index is 1030. The molecule has 0 atom stereocenters. The number of anilines is 1. The molecule has 1 heterocycles. The zero-order chi connectivity index (χ0) is 20.1. The Morgan fingerprint density at radius 3 is 2.61 bits per heavy atom. The number of aromatic nitrogens is 1. The largest absolute Gasteiger partial charge is 0.493 e. The molecular formula is C20H16F2N2O3S. The Morgan fingerprint density at radius 1 is 1.11 bits per heavy atom. The van der Waals surface area contributed by atoms with Crippen molar-refractivity contribution in [2.45, 2.75) is 0 Å². The minimum absolute atomic E-state index is 0.166. The molecule has 8 heteroatoms. The van der Waals surface area contributed by atoms with E-state index in [0.29, 0.717) is 22.3 Å². The number of hydrogen-bond acceptors (Lipinski definition) is 5. The predicted molar refractivity (Wildman–Crippen MR) is 105 cm³/mol. The van der Waals surface area contributed by atoms with Crippen molar-refractivity contribution in [3.63, 3.8) is 0 Å². The number of nitrogens with one attached hydrogen (secondary N) is 1. The second kappa shape index (κ2) is 8.62. The molecule has 1 amide bonds. The fourth-order valence-electron chi connectivity index (χ4n) is 2.43. The molecule has 0 fully saturated rings. The Hall–Kier alpha value is -3.26. The number of rotatable bonds is 6. The van der Waals surface area contributed by atoms with Crippen LogP contribution in [0.5, 0.6) is 11.5 Å². The quantitative estimate of drug-likeness (QED) is 0.604. The number of carbonyl (C=O) groups is 1. The lowest BCUT2D eigenvalue weighted by Gasteiger charge is -2.07. The van der Waals surface area contributed by atoms with Crippen molar-refractivity contribution < 1.29 is 23.0 Å². The molecule has 0 saturated carbocycles. The van der Waals surface area contributed by atoms with Crippen LogP contribution in [0.2, 0.25) is 0 Å². The number of halogens is 2. The molecule has 144 valence electrons. The fourth-order valence-corrected chi connectivity index (χ4v) is 3.14. The van der Waals surface area contributed by atoms with Crippen molar-refractivity contribution in [2.24, 2.45) is 0 Å². The Labute approximate surface area is 164 Å². The molecule has 3 rings (SSSR count). The molecule has 0 unspecified atom stereocenters. The van der Waals surface area contributed by atoms with Gasteiger partial charge in [0.25, 0.3) is 0 Å². The maximum absolute atomic E-state index is 13.8. The molecule has 28 heavy (non-hydrogen) atoms. The first-order valence-corrected chi connectivity index (χ1v) is 9.00. The van der Waals surface area contributed by atoms with Gasteiger partial charge in [0.2, 0.25) is 5.91 Å². The van der Waals surface area contributed by atoms with E-state index in [2.05, 4.69) is 10.3 Å². The summed E-state index contributed by atoms with van der Waals surface area (Å²) in [5.74, 6) is -0.625. The Morgan fingerprint density at radius 2 is 1.89 bits per heavy atom. The van der Waals surface area contributed by atoms with Gasteiger partial charge in [-0.1, -0.05) is 6.07 Å². The summed E-state index contributed by atoms with van der Waals surface area (Å²) in [6.45, 7) is 0. The highest BCUT2D eigenvalue weighted by Crippen LogP contribution is 2.29. The van der Waals surface area contributed by atoms with E-state index < -0.39 is 17.5 Å². The lowest BCUT2D eigenvalue weighted by atomic mass is 10.1. The summed E-state index contributed by atoms with van der Waals surface area (Å²) in [4.78, 5) is 16.3. The number of ether oxygens (including phenoxy) is 2. The zero-order valence-electron chi connectivity index (χ0n) is 15.0. The number of hydrogen-bond donors (Lipinski definition) is 1. The number of carbonyl (C=O) groups excluding carboxylic acids is 1. The summed E-state index contributed by atoms with van der Waals surface area (Å²) in [5.41, 5.74) is 1.24. The van der Waals surface area contributed by atoms with Crippen molar-refractivity contribution >= 4 is 28.5 Å². The molecule has 2 aromatic carbocycles. The normalized spacial score (nSPS) is 10.9. The van der Waals surface area contributed by atoms with Crippen LogP contribution in [0, 0.1) is 11.6 Å². The summed E-state index contributed by atoms with van der Waals surface area (Å²) < 4.78 is 37.2. The monoisotopic (exact) mass is 402 g/mol. The van der Waals surface area contributed by atoms with Crippen LogP contribution in [0.25, 0.3) is 17.3 Å². The third-order valence-electron chi connectivity index (χ3n) is 3.78. The van der Waals surface area contributed by atoms with E-state index in [9.17, 15) is 13.6 Å². The molecule has 0 aliphatic rings. The summed E-state index contributed by atoms with van der Waals surface area (Å²) in [7, 11) is 3.07. The van der Waals surface area contributed by atoms with Crippen LogP contribution in [0.4, 0.5) is 13.9 Å². The molecule has 0 aliphatic heterocycles. The van der Waals surface area contributed by atoms with Crippen LogP contribution < -0.4 is 14.8 Å². The van der Waals surface area contributed by atoms with Gasteiger partial charge in [-0.3, -0.25) is 10.1 Å². The molecule has 0 spiro atoms. The smallest absolute Gasteiger partial charge is 0.250 e. The maximum Gasteiger partial charge on any atom is 0.250 e. The van der Waals surface area contributed by atoms with Crippen molar-refractivity contribution in [1.82, 2.24) is 4.98 Å². The molecular weight excluding hydrogens is 386 g/mol. The highest BCUT2D eigenvalue weighted by molar-refractivity contribution is 7.14.